The van der Waals surface area contributed by atoms with E-state index < -0.39 is 0 Å². The molecule has 0 aromatic carbocycles. The predicted octanol–water partition coefficient (Wildman–Crippen LogP) is 4.27. The SMILES string of the molecule is CCc1c(C)nc(C(OC)C2CCCCC2)nc1Cl. The minimum absolute atomic E-state index is 0.0117. The Morgan fingerprint density at radius 2 is 1.95 bits per heavy atom. The Hall–Kier alpha value is -0.670. The normalized spacial score (nSPS) is 18.5. The number of aryl methyl sites for hydroxylation is 1. The van der Waals surface area contributed by atoms with Crippen LogP contribution in [-0.2, 0) is 11.2 Å². The molecule has 1 saturated carbocycles. The van der Waals surface area contributed by atoms with E-state index in [1.165, 1.54) is 32.1 Å². The molecule has 0 N–H and O–H groups in total. The van der Waals surface area contributed by atoms with Gasteiger partial charge >= 0.3 is 0 Å². The van der Waals surface area contributed by atoms with Crippen LogP contribution in [0.3, 0.4) is 0 Å². The first-order valence-electron chi connectivity index (χ1n) is 7.23. The highest BCUT2D eigenvalue weighted by molar-refractivity contribution is 6.30. The second-order valence-corrected chi connectivity index (χ2v) is 5.70. The van der Waals surface area contributed by atoms with E-state index in [1.54, 1.807) is 7.11 Å². The molecule has 1 unspecified atom stereocenters. The topological polar surface area (TPSA) is 35.0 Å². The molecule has 1 aromatic heterocycles. The zero-order valence-corrected chi connectivity index (χ0v) is 12.8. The molecule has 0 spiro atoms. The molecule has 0 aliphatic heterocycles. The van der Waals surface area contributed by atoms with E-state index in [0.717, 1.165) is 23.5 Å². The zero-order valence-electron chi connectivity index (χ0n) is 12.1. The highest BCUT2D eigenvalue weighted by Gasteiger charge is 2.28. The fraction of sp³-hybridized carbons (Fsp3) is 0.733. The predicted molar refractivity (Wildman–Crippen MR) is 77.5 cm³/mol. The lowest BCUT2D eigenvalue weighted by atomic mass is 9.85. The van der Waals surface area contributed by atoms with Gasteiger partial charge in [-0.25, -0.2) is 9.97 Å². The van der Waals surface area contributed by atoms with Crippen LogP contribution in [0, 0.1) is 12.8 Å². The largest absolute Gasteiger partial charge is 0.373 e. The lowest BCUT2D eigenvalue weighted by Crippen LogP contribution is -2.21. The van der Waals surface area contributed by atoms with Crippen molar-refractivity contribution in [1.29, 1.82) is 0 Å². The van der Waals surface area contributed by atoms with Gasteiger partial charge in [0.25, 0.3) is 0 Å². The Kier molecular flexibility index (Phi) is 5.17. The third-order valence-electron chi connectivity index (χ3n) is 4.12. The number of methoxy groups -OCH3 is 1. The number of halogens is 1. The molecule has 1 aromatic rings. The maximum Gasteiger partial charge on any atom is 0.159 e. The van der Waals surface area contributed by atoms with E-state index >= 15 is 0 Å². The summed E-state index contributed by atoms with van der Waals surface area (Å²) in [6.07, 6.45) is 7.16. The highest BCUT2D eigenvalue weighted by atomic mass is 35.5. The van der Waals surface area contributed by atoms with Gasteiger partial charge in [-0.1, -0.05) is 37.8 Å². The third kappa shape index (κ3) is 3.26. The standard InChI is InChI=1S/C15H23ClN2O/c1-4-12-10(2)17-15(18-14(12)16)13(19-3)11-8-6-5-7-9-11/h11,13H,4-9H2,1-3H3. The quantitative estimate of drug-likeness (QED) is 0.774. The molecule has 106 valence electrons. The van der Waals surface area contributed by atoms with Crippen LogP contribution in [0.15, 0.2) is 0 Å². The molecule has 2 rings (SSSR count). The fourth-order valence-corrected chi connectivity index (χ4v) is 3.41. The number of aromatic nitrogens is 2. The van der Waals surface area contributed by atoms with Gasteiger partial charge in [0.05, 0.1) is 0 Å². The van der Waals surface area contributed by atoms with Crippen molar-refractivity contribution in [2.45, 2.75) is 58.5 Å². The van der Waals surface area contributed by atoms with Crippen LogP contribution in [0.1, 0.15) is 62.2 Å². The molecule has 1 fully saturated rings. The van der Waals surface area contributed by atoms with Crippen LogP contribution in [0.5, 0.6) is 0 Å². The Bertz CT molecular complexity index is 407. The van der Waals surface area contributed by atoms with E-state index in [9.17, 15) is 0 Å². The first kappa shape index (κ1) is 14.7. The molecule has 1 aliphatic carbocycles. The molecule has 1 heterocycles. The Balaban J connectivity index is 2.27. The smallest absolute Gasteiger partial charge is 0.159 e. The van der Waals surface area contributed by atoms with Gasteiger partial charge in [-0.2, -0.15) is 0 Å². The third-order valence-corrected chi connectivity index (χ3v) is 4.43. The van der Waals surface area contributed by atoms with Crippen molar-refractivity contribution < 1.29 is 4.74 Å². The van der Waals surface area contributed by atoms with Gasteiger partial charge in [0.1, 0.15) is 11.3 Å². The van der Waals surface area contributed by atoms with E-state index in [1.807, 2.05) is 6.92 Å². The Labute approximate surface area is 120 Å². The lowest BCUT2D eigenvalue weighted by Gasteiger charge is -2.28. The molecule has 19 heavy (non-hydrogen) atoms. The second-order valence-electron chi connectivity index (χ2n) is 5.34. The summed E-state index contributed by atoms with van der Waals surface area (Å²) in [6, 6.07) is 0. The number of rotatable bonds is 4. The van der Waals surface area contributed by atoms with E-state index in [4.69, 9.17) is 16.3 Å². The molecule has 4 heteroatoms. The van der Waals surface area contributed by atoms with Crippen LogP contribution in [0.2, 0.25) is 5.15 Å². The van der Waals surface area contributed by atoms with Gasteiger partial charge in [0.2, 0.25) is 0 Å². The van der Waals surface area contributed by atoms with Crippen molar-refractivity contribution in [2.24, 2.45) is 5.92 Å². The van der Waals surface area contributed by atoms with Crippen molar-refractivity contribution in [3.63, 3.8) is 0 Å². The molecule has 1 atom stereocenters. The summed E-state index contributed by atoms with van der Waals surface area (Å²) in [4.78, 5) is 9.11. The first-order valence-corrected chi connectivity index (χ1v) is 7.60. The summed E-state index contributed by atoms with van der Waals surface area (Å²) in [7, 11) is 1.75. The van der Waals surface area contributed by atoms with Gasteiger partial charge in [-0.3, -0.25) is 0 Å². The van der Waals surface area contributed by atoms with Crippen LogP contribution < -0.4 is 0 Å². The van der Waals surface area contributed by atoms with Crippen LogP contribution in [-0.4, -0.2) is 17.1 Å². The Morgan fingerprint density at radius 3 is 2.47 bits per heavy atom. The minimum Gasteiger partial charge on any atom is -0.373 e. The van der Waals surface area contributed by atoms with Crippen molar-refractivity contribution in [1.82, 2.24) is 9.97 Å². The number of hydrogen-bond donors (Lipinski definition) is 0. The Morgan fingerprint density at radius 1 is 1.26 bits per heavy atom. The van der Waals surface area contributed by atoms with E-state index in [2.05, 4.69) is 16.9 Å². The van der Waals surface area contributed by atoms with Crippen LogP contribution >= 0.6 is 11.6 Å². The van der Waals surface area contributed by atoms with E-state index in [0.29, 0.717) is 11.1 Å². The van der Waals surface area contributed by atoms with E-state index in [-0.39, 0.29) is 6.10 Å². The molecular formula is C15H23ClN2O. The summed E-state index contributed by atoms with van der Waals surface area (Å²) >= 11 is 6.27. The summed E-state index contributed by atoms with van der Waals surface area (Å²) in [5, 5.41) is 0.586. The lowest BCUT2D eigenvalue weighted by molar-refractivity contribution is 0.0288. The van der Waals surface area contributed by atoms with Crippen molar-refractivity contribution in [3.05, 3.63) is 22.2 Å². The minimum atomic E-state index is -0.0117. The number of nitrogens with zero attached hydrogens (tertiary/aromatic N) is 2. The van der Waals surface area contributed by atoms with Crippen LogP contribution in [0.25, 0.3) is 0 Å². The summed E-state index contributed by atoms with van der Waals surface area (Å²) in [5.41, 5.74) is 2.03. The fourth-order valence-electron chi connectivity index (χ4n) is 3.06. The van der Waals surface area contributed by atoms with Crippen molar-refractivity contribution in [3.8, 4) is 0 Å². The van der Waals surface area contributed by atoms with Crippen molar-refractivity contribution >= 4 is 11.6 Å². The molecule has 0 saturated heterocycles. The molecule has 0 bridgehead atoms. The van der Waals surface area contributed by atoms with Gasteiger partial charge < -0.3 is 4.74 Å². The zero-order chi connectivity index (χ0) is 13.8. The maximum absolute atomic E-state index is 6.27. The second kappa shape index (κ2) is 6.67. The molecule has 1 aliphatic rings. The molecule has 0 radical (unpaired) electrons. The molecular weight excluding hydrogens is 260 g/mol. The molecule has 0 amide bonds. The van der Waals surface area contributed by atoms with Gasteiger partial charge in [-0.15, -0.1) is 0 Å². The number of hydrogen-bond acceptors (Lipinski definition) is 3. The average molecular weight is 283 g/mol. The maximum atomic E-state index is 6.27. The van der Waals surface area contributed by atoms with Crippen molar-refractivity contribution in [2.75, 3.05) is 7.11 Å². The number of ether oxygens (including phenoxy) is 1. The average Bonchev–Trinajstić information content (AvgIpc) is 2.40. The monoisotopic (exact) mass is 282 g/mol. The van der Waals surface area contributed by atoms with Crippen LogP contribution in [0.4, 0.5) is 0 Å². The van der Waals surface area contributed by atoms with Gasteiger partial charge in [-0.05, 0) is 32.1 Å². The first-order chi connectivity index (χ1) is 9.17. The summed E-state index contributed by atoms with van der Waals surface area (Å²) in [6.45, 7) is 4.08. The van der Waals surface area contributed by atoms with Gasteiger partial charge in [0, 0.05) is 18.4 Å². The summed E-state index contributed by atoms with van der Waals surface area (Å²) < 4.78 is 5.68. The van der Waals surface area contributed by atoms with Gasteiger partial charge in [0.15, 0.2) is 5.82 Å². The summed E-state index contributed by atoms with van der Waals surface area (Å²) in [5.74, 6) is 1.29. The molecule has 3 nitrogen and oxygen atoms in total. The highest BCUT2D eigenvalue weighted by Crippen LogP contribution is 2.36.